The van der Waals surface area contributed by atoms with E-state index in [2.05, 4.69) is 0 Å². The Morgan fingerprint density at radius 3 is 2.16 bits per heavy atom. The van der Waals surface area contributed by atoms with Crippen molar-refractivity contribution in [3.8, 4) is 11.5 Å². The number of hydrogen-bond acceptors (Lipinski definition) is 4. The van der Waals surface area contributed by atoms with Crippen molar-refractivity contribution >= 4 is 5.97 Å². The van der Waals surface area contributed by atoms with E-state index in [4.69, 9.17) is 19.3 Å². The van der Waals surface area contributed by atoms with Crippen LogP contribution in [-0.2, 0) is 9.53 Å². The molecule has 0 aliphatic rings. The van der Waals surface area contributed by atoms with Crippen LogP contribution in [0.5, 0.6) is 11.5 Å². The summed E-state index contributed by atoms with van der Waals surface area (Å²) in [7, 11) is 0. The predicted octanol–water partition coefficient (Wildman–Crippen LogP) is 2.34. The monoisotopic (exact) mass is 268 g/mol. The highest BCUT2D eigenvalue weighted by molar-refractivity contribution is 5.72. The molecule has 1 aromatic carbocycles. The zero-order valence-corrected chi connectivity index (χ0v) is 11.3. The van der Waals surface area contributed by atoms with Gasteiger partial charge in [-0.1, -0.05) is 0 Å². The third-order valence-electron chi connectivity index (χ3n) is 2.43. The number of carboxylic acids is 1. The molecule has 0 saturated heterocycles. The summed E-state index contributed by atoms with van der Waals surface area (Å²) in [6.07, 6.45) is -0.496. The van der Waals surface area contributed by atoms with Crippen molar-refractivity contribution in [1.29, 1.82) is 0 Å². The summed E-state index contributed by atoms with van der Waals surface area (Å²) in [5, 5.41) is 8.90. The lowest BCUT2D eigenvalue weighted by atomic mass is 10.2. The first-order valence-corrected chi connectivity index (χ1v) is 6.37. The van der Waals surface area contributed by atoms with Crippen LogP contribution >= 0.6 is 0 Å². The van der Waals surface area contributed by atoms with Gasteiger partial charge >= 0.3 is 5.97 Å². The van der Waals surface area contributed by atoms with Gasteiger partial charge in [0.2, 0.25) is 0 Å². The van der Waals surface area contributed by atoms with Crippen molar-refractivity contribution in [3.05, 3.63) is 24.3 Å². The Labute approximate surface area is 113 Å². The molecule has 1 N–H and O–H groups in total. The summed E-state index contributed by atoms with van der Waals surface area (Å²) >= 11 is 0. The highest BCUT2D eigenvalue weighted by Crippen LogP contribution is 2.17. The average Bonchev–Trinajstić information content (AvgIpc) is 2.40. The van der Waals surface area contributed by atoms with Gasteiger partial charge in [-0.15, -0.1) is 0 Å². The van der Waals surface area contributed by atoms with Gasteiger partial charge in [-0.3, -0.25) is 0 Å². The van der Waals surface area contributed by atoms with E-state index >= 15 is 0 Å². The molecule has 0 amide bonds. The van der Waals surface area contributed by atoms with E-state index in [-0.39, 0.29) is 0 Å². The largest absolute Gasteiger partial charge is 0.494 e. The fourth-order valence-electron chi connectivity index (χ4n) is 1.56. The van der Waals surface area contributed by atoms with Crippen molar-refractivity contribution in [2.45, 2.75) is 26.4 Å². The van der Waals surface area contributed by atoms with Crippen LogP contribution in [0.3, 0.4) is 0 Å². The second-order valence-corrected chi connectivity index (χ2v) is 3.82. The molecule has 0 aliphatic carbocycles. The molecule has 0 spiro atoms. The van der Waals surface area contributed by atoms with Crippen LogP contribution < -0.4 is 9.47 Å². The van der Waals surface area contributed by atoms with Crippen LogP contribution in [-0.4, -0.2) is 37.0 Å². The number of hydrogen-bond donors (Lipinski definition) is 1. The molecular formula is C14H20O5. The van der Waals surface area contributed by atoms with E-state index in [0.717, 1.165) is 5.75 Å². The highest BCUT2D eigenvalue weighted by Gasteiger charge is 2.17. The molecule has 1 unspecified atom stereocenters. The Kier molecular flexibility index (Phi) is 6.74. The Morgan fingerprint density at radius 1 is 1.11 bits per heavy atom. The summed E-state index contributed by atoms with van der Waals surface area (Å²) < 4.78 is 15.9. The molecule has 0 radical (unpaired) electrons. The van der Waals surface area contributed by atoms with E-state index in [1.54, 1.807) is 19.1 Å². The van der Waals surface area contributed by atoms with E-state index in [9.17, 15) is 4.79 Å². The van der Waals surface area contributed by atoms with Gasteiger partial charge in [-0.2, -0.15) is 0 Å². The molecule has 1 atom stereocenters. The van der Waals surface area contributed by atoms with Crippen LogP contribution in [0.1, 0.15) is 20.3 Å². The first-order chi connectivity index (χ1) is 9.17. The van der Waals surface area contributed by atoms with Crippen LogP contribution in [0.15, 0.2) is 24.3 Å². The molecule has 0 bridgehead atoms. The number of carbonyl (C=O) groups is 1. The van der Waals surface area contributed by atoms with Gasteiger partial charge in [-0.05, 0) is 38.1 Å². The topological polar surface area (TPSA) is 65.0 Å². The molecule has 5 heteroatoms. The maximum absolute atomic E-state index is 10.9. The van der Waals surface area contributed by atoms with Crippen molar-refractivity contribution in [2.75, 3.05) is 19.8 Å². The molecule has 19 heavy (non-hydrogen) atoms. The molecule has 0 saturated carbocycles. The zero-order chi connectivity index (χ0) is 14.1. The molecular weight excluding hydrogens is 248 g/mol. The minimum atomic E-state index is -0.961. The van der Waals surface area contributed by atoms with E-state index in [1.165, 1.54) is 0 Å². The zero-order valence-electron chi connectivity index (χ0n) is 11.3. The second kappa shape index (κ2) is 8.37. The Hall–Kier alpha value is -1.75. The molecule has 0 aromatic heterocycles. The van der Waals surface area contributed by atoms with Crippen molar-refractivity contribution in [2.24, 2.45) is 0 Å². The smallest absolute Gasteiger partial charge is 0.332 e. The molecule has 0 aliphatic heterocycles. The lowest BCUT2D eigenvalue weighted by molar-refractivity contribution is -0.150. The van der Waals surface area contributed by atoms with Crippen molar-refractivity contribution < 1.29 is 24.1 Å². The van der Waals surface area contributed by atoms with E-state index in [1.807, 2.05) is 19.1 Å². The van der Waals surface area contributed by atoms with E-state index < -0.39 is 12.1 Å². The second-order valence-electron chi connectivity index (χ2n) is 3.82. The van der Waals surface area contributed by atoms with Crippen molar-refractivity contribution in [3.63, 3.8) is 0 Å². The molecule has 106 valence electrons. The SMILES string of the molecule is CCOc1ccc(OCCC(OCC)C(=O)O)cc1. The summed E-state index contributed by atoms with van der Waals surface area (Å²) in [5.74, 6) is 0.508. The lowest BCUT2D eigenvalue weighted by Crippen LogP contribution is -2.26. The van der Waals surface area contributed by atoms with Gasteiger partial charge in [-0.25, -0.2) is 4.79 Å². The summed E-state index contributed by atoms with van der Waals surface area (Å²) in [6, 6.07) is 7.22. The number of carboxylic acid groups (broad SMARTS) is 1. The molecule has 1 rings (SSSR count). The summed E-state index contributed by atoms with van der Waals surface area (Å²) in [4.78, 5) is 10.9. The quantitative estimate of drug-likeness (QED) is 0.744. The Balaban J connectivity index is 2.37. The minimum Gasteiger partial charge on any atom is -0.494 e. The van der Waals surface area contributed by atoms with Gasteiger partial charge in [0.05, 0.1) is 13.2 Å². The first kappa shape index (κ1) is 15.3. The molecule has 1 aromatic rings. The third-order valence-corrected chi connectivity index (χ3v) is 2.43. The maximum Gasteiger partial charge on any atom is 0.332 e. The number of rotatable bonds is 9. The molecule has 5 nitrogen and oxygen atoms in total. The van der Waals surface area contributed by atoms with Crippen LogP contribution in [0.4, 0.5) is 0 Å². The predicted molar refractivity (Wildman–Crippen MR) is 70.8 cm³/mol. The summed E-state index contributed by atoms with van der Waals surface area (Å²) in [5.41, 5.74) is 0. The fourth-order valence-corrected chi connectivity index (χ4v) is 1.56. The number of aliphatic carboxylic acids is 1. The standard InChI is InChI=1S/C14H20O5/c1-3-17-11-5-7-12(8-6-11)19-10-9-13(14(15)16)18-4-2/h5-8,13H,3-4,9-10H2,1-2H3,(H,15,16). The third kappa shape index (κ3) is 5.61. The van der Waals surface area contributed by atoms with Gasteiger partial charge in [0.15, 0.2) is 6.10 Å². The highest BCUT2D eigenvalue weighted by atomic mass is 16.5. The van der Waals surface area contributed by atoms with Crippen LogP contribution in [0, 0.1) is 0 Å². The van der Waals surface area contributed by atoms with Crippen LogP contribution in [0.25, 0.3) is 0 Å². The average molecular weight is 268 g/mol. The van der Waals surface area contributed by atoms with Crippen LogP contribution in [0.2, 0.25) is 0 Å². The van der Waals surface area contributed by atoms with Crippen molar-refractivity contribution in [1.82, 2.24) is 0 Å². The van der Waals surface area contributed by atoms with E-state index in [0.29, 0.717) is 32.0 Å². The van der Waals surface area contributed by atoms with Gasteiger partial charge in [0, 0.05) is 13.0 Å². The molecule has 0 fully saturated rings. The number of benzene rings is 1. The first-order valence-electron chi connectivity index (χ1n) is 6.37. The van der Waals surface area contributed by atoms with Gasteiger partial charge in [0.1, 0.15) is 11.5 Å². The Bertz CT molecular complexity index is 374. The van der Waals surface area contributed by atoms with Gasteiger partial charge in [0.25, 0.3) is 0 Å². The minimum absolute atomic E-state index is 0.297. The Morgan fingerprint density at radius 2 is 1.68 bits per heavy atom. The summed E-state index contributed by atoms with van der Waals surface area (Å²) in [6.45, 7) is 4.98. The maximum atomic E-state index is 10.9. The lowest BCUT2D eigenvalue weighted by Gasteiger charge is -2.13. The fraction of sp³-hybridized carbons (Fsp3) is 0.500. The van der Waals surface area contributed by atoms with Gasteiger partial charge < -0.3 is 19.3 Å². The molecule has 0 heterocycles. The normalized spacial score (nSPS) is 11.9. The number of ether oxygens (including phenoxy) is 3.